The largest absolute Gasteiger partial charge is 0.488 e. The standard InChI is InChI=1S/C49H70ClNO5.CH4O.CH4/c1-29(2)44-40(54)25-49(19-20-51-26-31-8-9-34(50)24-41(31)56-35-15-21-55-28-35)18-13-38-36(45(44)49)10-11-43-47(38,6)17-14-42-46(4,5)33(12-16-48(42,43)7)23-39(53)37-22-32(27-52)30(37)3;1-2;/h8-9,24,27,29-30,32-33,35-38,42-43,51H,10-23,25-26,28H2,1-7H3;2H,1H3;1H4. The molecule has 0 radical (unpaired) electrons. The smallest absolute Gasteiger partial charge is 0.159 e. The molecule has 59 heavy (non-hydrogen) atoms. The fourth-order valence-electron chi connectivity index (χ4n) is 15.1. The summed E-state index contributed by atoms with van der Waals surface area (Å²) >= 11 is 6.40. The average molecular weight is 837 g/mol. The highest BCUT2D eigenvalue weighted by atomic mass is 35.5. The van der Waals surface area contributed by atoms with Crippen molar-refractivity contribution in [1.82, 2.24) is 5.32 Å². The Morgan fingerprint density at radius 3 is 2.44 bits per heavy atom. The third kappa shape index (κ3) is 8.08. The number of ketones is 2. The number of carbonyl (C=O) groups excluding carboxylic acids is 3. The molecule has 0 aromatic heterocycles. The maximum atomic E-state index is 14.1. The van der Waals surface area contributed by atoms with Crippen molar-refractivity contribution >= 4 is 29.5 Å². The minimum atomic E-state index is -0.0358. The van der Waals surface area contributed by atoms with Crippen LogP contribution in [0.2, 0.25) is 5.02 Å². The lowest BCUT2D eigenvalue weighted by atomic mass is 9.35. The minimum Gasteiger partial charge on any atom is -0.488 e. The fourth-order valence-corrected chi connectivity index (χ4v) is 15.3. The van der Waals surface area contributed by atoms with Crippen LogP contribution in [0.4, 0.5) is 0 Å². The fraction of sp³-hybridized carbons (Fsp3) is 0.784. The SMILES string of the molecule is C.CC(C)C1=C2C3CCC4C(C)(CCC5C(C)(C)C(CC(=O)C6CC(C=O)C6C)CCC54C)C3CCC2(CCNCc2ccc(Cl)cc2OC2CCOC2)CC1=O.CO. The van der Waals surface area contributed by atoms with Gasteiger partial charge in [-0.15, -0.1) is 0 Å². The predicted octanol–water partition coefficient (Wildman–Crippen LogP) is 10.9. The summed E-state index contributed by atoms with van der Waals surface area (Å²) in [7, 11) is 1.00. The third-order valence-corrected chi connectivity index (χ3v) is 18.4. The Morgan fingerprint density at radius 2 is 1.76 bits per heavy atom. The molecular formula is C51H78ClNO6. The molecule has 12 unspecified atom stereocenters. The molecule has 12 atom stereocenters. The molecule has 0 spiro atoms. The number of aliphatic hydroxyl groups excluding tert-OH is 1. The zero-order chi connectivity index (χ0) is 41.8. The molecular weight excluding hydrogens is 758 g/mol. The van der Waals surface area contributed by atoms with E-state index >= 15 is 0 Å². The molecule has 1 saturated heterocycles. The molecule has 1 aromatic carbocycles. The van der Waals surface area contributed by atoms with Gasteiger partial charge in [0.05, 0.1) is 13.2 Å². The first kappa shape index (κ1) is 46.4. The van der Waals surface area contributed by atoms with E-state index < -0.39 is 0 Å². The Labute approximate surface area is 361 Å². The van der Waals surface area contributed by atoms with Crippen molar-refractivity contribution in [1.29, 1.82) is 0 Å². The van der Waals surface area contributed by atoms with E-state index in [1.165, 1.54) is 44.1 Å². The van der Waals surface area contributed by atoms with Crippen LogP contribution in [0.15, 0.2) is 29.3 Å². The van der Waals surface area contributed by atoms with Gasteiger partial charge in [0.1, 0.15) is 23.9 Å². The Morgan fingerprint density at radius 1 is 1.02 bits per heavy atom. The van der Waals surface area contributed by atoms with Crippen LogP contribution in [0.5, 0.6) is 5.75 Å². The number of allylic oxidation sites excluding steroid dienone is 2. The second kappa shape index (κ2) is 18.0. The van der Waals surface area contributed by atoms with E-state index in [-0.39, 0.29) is 58.9 Å². The second-order valence-corrected chi connectivity index (χ2v) is 21.8. The molecule has 8 rings (SSSR count). The van der Waals surface area contributed by atoms with Crippen LogP contribution in [0, 0.1) is 74.9 Å². The second-order valence-electron chi connectivity index (χ2n) is 21.4. The van der Waals surface area contributed by atoms with Crippen LogP contribution < -0.4 is 10.1 Å². The van der Waals surface area contributed by atoms with E-state index in [1.54, 1.807) is 5.57 Å². The van der Waals surface area contributed by atoms with Crippen molar-refractivity contribution in [2.75, 3.05) is 26.9 Å². The average Bonchev–Trinajstić information content (AvgIpc) is 3.80. The number of Topliss-reactive ketones (excluding diaryl/α,β-unsaturated/α-hetero) is 2. The topological polar surface area (TPSA) is 102 Å². The Kier molecular flexibility index (Phi) is 14.1. The van der Waals surface area contributed by atoms with Crippen LogP contribution in [0.1, 0.15) is 145 Å². The van der Waals surface area contributed by atoms with Crippen LogP contribution in [0.3, 0.4) is 0 Å². The highest BCUT2D eigenvalue weighted by Crippen LogP contribution is 2.74. The van der Waals surface area contributed by atoms with E-state index in [2.05, 4.69) is 59.8 Å². The minimum absolute atomic E-state index is 0. The lowest BCUT2D eigenvalue weighted by Crippen LogP contribution is -2.62. The van der Waals surface area contributed by atoms with Crippen molar-refractivity contribution in [3.05, 3.63) is 39.9 Å². The summed E-state index contributed by atoms with van der Waals surface area (Å²) < 4.78 is 11.9. The number of halogens is 1. The van der Waals surface area contributed by atoms with E-state index in [0.29, 0.717) is 72.2 Å². The van der Waals surface area contributed by atoms with Crippen molar-refractivity contribution in [2.45, 2.75) is 152 Å². The number of aldehydes is 1. The van der Waals surface area contributed by atoms with Crippen LogP contribution in [-0.2, 0) is 25.7 Å². The first-order valence-corrected chi connectivity index (χ1v) is 23.4. The van der Waals surface area contributed by atoms with Crippen molar-refractivity contribution in [3.63, 3.8) is 0 Å². The lowest BCUT2D eigenvalue weighted by molar-refractivity contribution is -0.193. The molecule has 1 aromatic rings. The molecule has 1 heterocycles. The van der Waals surface area contributed by atoms with Gasteiger partial charge in [-0.05, 0) is 146 Å². The number of hydrogen-bond donors (Lipinski definition) is 2. The van der Waals surface area contributed by atoms with Crippen LogP contribution in [-0.4, -0.2) is 55.9 Å². The molecule has 8 heteroatoms. The molecule has 6 aliphatic carbocycles. The summed E-state index contributed by atoms with van der Waals surface area (Å²) in [5.74, 6) is 5.11. The normalized spacial score (nSPS) is 39.4. The molecule has 2 N–H and O–H groups in total. The number of aliphatic hydroxyl groups is 1. The zero-order valence-corrected chi connectivity index (χ0v) is 37.7. The predicted molar refractivity (Wildman–Crippen MR) is 237 cm³/mol. The number of hydrogen-bond acceptors (Lipinski definition) is 7. The molecule has 7 aliphatic rings. The van der Waals surface area contributed by atoms with Gasteiger partial charge in [-0.1, -0.05) is 79.1 Å². The highest BCUT2D eigenvalue weighted by molar-refractivity contribution is 6.30. The molecule has 6 fully saturated rings. The van der Waals surface area contributed by atoms with Gasteiger partial charge in [0.15, 0.2) is 5.78 Å². The van der Waals surface area contributed by atoms with Gasteiger partial charge >= 0.3 is 0 Å². The highest BCUT2D eigenvalue weighted by Gasteiger charge is 2.66. The first-order valence-electron chi connectivity index (χ1n) is 23.1. The maximum absolute atomic E-state index is 14.1. The molecule has 0 amide bonds. The number of nitrogens with one attached hydrogen (secondary N) is 1. The summed E-state index contributed by atoms with van der Waals surface area (Å²) in [6.45, 7) is 19.9. The van der Waals surface area contributed by atoms with Crippen LogP contribution in [0.25, 0.3) is 0 Å². The summed E-state index contributed by atoms with van der Waals surface area (Å²) in [6, 6.07) is 5.96. The van der Waals surface area contributed by atoms with E-state index in [0.717, 1.165) is 70.0 Å². The molecule has 7 nitrogen and oxygen atoms in total. The summed E-state index contributed by atoms with van der Waals surface area (Å²) in [4.78, 5) is 39.1. The zero-order valence-electron chi connectivity index (χ0n) is 37.0. The number of carbonyl (C=O) groups is 3. The quantitative estimate of drug-likeness (QED) is 0.160. The van der Waals surface area contributed by atoms with Crippen molar-refractivity contribution in [3.8, 4) is 5.75 Å². The Hall–Kier alpha value is -2.06. The maximum Gasteiger partial charge on any atom is 0.159 e. The molecule has 1 aliphatic heterocycles. The van der Waals surface area contributed by atoms with Gasteiger partial charge < -0.3 is 24.7 Å². The number of ether oxygens (including phenoxy) is 2. The van der Waals surface area contributed by atoms with Gasteiger partial charge in [-0.25, -0.2) is 0 Å². The van der Waals surface area contributed by atoms with Crippen molar-refractivity contribution < 1.29 is 29.0 Å². The lowest BCUT2D eigenvalue weighted by Gasteiger charge is -2.69. The van der Waals surface area contributed by atoms with Gasteiger partial charge in [-0.3, -0.25) is 9.59 Å². The monoisotopic (exact) mass is 836 g/mol. The van der Waals surface area contributed by atoms with Gasteiger partial charge in [0, 0.05) is 60.8 Å². The van der Waals surface area contributed by atoms with Crippen molar-refractivity contribution in [2.24, 2.45) is 74.9 Å². The summed E-state index contributed by atoms with van der Waals surface area (Å²) in [6.07, 6.45) is 14.8. The van der Waals surface area contributed by atoms with E-state index in [4.69, 9.17) is 26.2 Å². The number of fused-ring (bicyclic) bond motifs is 7. The first-order chi connectivity index (χ1) is 27.6. The third-order valence-electron chi connectivity index (χ3n) is 18.2. The molecule has 0 bridgehead atoms. The van der Waals surface area contributed by atoms with E-state index in [1.807, 2.05) is 12.1 Å². The summed E-state index contributed by atoms with van der Waals surface area (Å²) in [5, 5.41) is 11.5. The summed E-state index contributed by atoms with van der Waals surface area (Å²) in [5.41, 5.74) is 4.47. The Balaban J connectivity index is 0.00000192. The van der Waals surface area contributed by atoms with Gasteiger partial charge in [0.25, 0.3) is 0 Å². The van der Waals surface area contributed by atoms with Gasteiger partial charge in [0.2, 0.25) is 0 Å². The molecule has 5 saturated carbocycles. The number of benzene rings is 1. The Bertz CT molecular complexity index is 1730. The van der Waals surface area contributed by atoms with E-state index in [9.17, 15) is 14.4 Å². The van der Waals surface area contributed by atoms with Crippen LogP contribution >= 0.6 is 11.6 Å². The van der Waals surface area contributed by atoms with Gasteiger partial charge in [-0.2, -0.15) is 0 Å². The number of rotatable bonds is 12. The molecule has 330 valence electrons.